The number of hydrogen-bond acceptors (Lipinski definition) is 6. The van der Waals surface area contributed by atoms with Crippen LogP contribution in [0.25, 0.3) is 0 Å². The molecule has 0 spiro atoms. The molecule has 1 rings (SSSR count). The predicted molar refractivity (Wildman–Crippen MR) is 47.9 cm³/mol. The van der Waals surface area contributed by atoms with E-state index in [1.807, 2.05) is 0 Å². The van der Waals surface area contributed by atoms with Gasteiger partial charge in [-0.15, -0.1) is 0 Å². The van der Waals surface area contributed by atoms with Crippen molar-refractivity contribution in [1.29, 1.82) is 0 Å². The van der Waals surface area contributed by atoms with Gasteiger partial charge in [0.15, 0.2) is 5.76 Å². The van der Waals surface area contributed by atoms with E-state index < -0.39 is 17.9 Å². The Morgan fingerprint density at radius 3 is 2.67 bits per heavy atom. The second kappa shape index (κ2) is 5.14. The molecule has 82 valence electrons. The lowest BCUT2D eigenvalue weighted by molar-refractivity contribution is -0.149. The molecule has 0 radical (unpaired) electrons. The van der Waals surface area contributed by atoms with Crippen molar-refractivity contribution >= 4 is 11.9 Å². The number of ether oxygens (including phenoxy) is 2. The van der Waals surface area contributed by atoms with Crippen LogP contribution in [0.1, 0.15) is 18.1 Å². The summed E-state index contributed by atoms with van der Waals surface area (Å²) in [4.78, 5) is 22.4. The molecule has 0 amide bonds. The standard InChI is InChI=1S/C9H11NO5/c1-13-8(11)5-6(9(12)14-2)7-3-4-10-15-7/h3-4,6H,5H2,1-2H3/t6-/m0/s1. The molecule has 0 N–H and O–H groups in total. The van der Waals surface area contributed by atoms with Crippen LogP contribution in [0.15, 0.2) is 16.8 Å². The number of methoxy groups -OCH3 is 2. The van der Waals surface area contributed by atoms with Gasteiger partial charge in [0, 0.05) is 6.07 Å². The largest absolute Gasteiger partial charge is 0.469 e. The lowest BCUT2D eigenvalue weighted by atomic mass is 10.0. The van der Waals surface area contributed by atoms with Gasteiger partial charge in [-0.25, -0.2) is 0 Å². The summed E-state index contributed by atoms with van der Waals surface area (Å²) in [5.41, 5.74) is 0. The molecule has 1 aromatic rings. The van der Waals surface area contributed by atoms with E-state index >= 15 is 0 Å². The first-order chi connectivity index (χ1) is 7.19. The molecule has 6 nitrogen and oxygen atoms in total. The van der Waals surface area contributed by atoms with Gasteiger partial charge in [-0.3, -0.25) is 9.59 Å². The van der Waals surface area contributed by atoms with Crippen LogP contribution < -0.4 is 0 Å². The van der Waals surface area contributed by atoms with Crippen molar-refractivity contribution in [2.45, 2.75) is 12.3 Å². The number of nitrogens with zero attached hydrogens (tertiary/aromatic N) is 1. The molecule has 6 heteroatoms. The molecule has 0 bridgehead atoms. The number of esters is 2. The van der Waals surface area contributed by atoms with Crippen molar-refractivity contribution in [2.24, 2.45) is 0 Å². The first kappa shape index (κ1) is 11.2. The summed E-state index contributed by atoms with van der Waals surface area (Å²) in [7, 11) is 2.49. The van der Waals surface area contributed by atoms with Crippen molar-refractivity contribution in [3.05, 3.63) is 18.0 Å². The van der Waals surface area contributed by atoms with Crippen LogP contribution >= 0.6 is 0 Å². The van der Waals surface area contributed by atoms with Crippen LogP contribution in [0.2, 0.25) is 0 Å². The third-order valence-electron chi connectivity index (χ3n) is 1.89. The number of carbonyl (C=O) groups excluding carboxylic acids is 2. The Balaban J connectivity index is 2.79. The maximum Gasteiger partial charge on any atom is 0.317 e. The summed E-state index contributed by atoms with van der Waals surface area (Å²) in [6.07, 6.45) is 1.26. The molecule has 1 atom stereocenters. The van der Waals surface area contributed by atoms with E-state index in [0.29, 0.717) is 0 Å². The number of hydrogen-bond donors (Lipinski definition) is 0. The molecule has 0 aliphatic carbocycles. The minimum absolute atomic E-state index is 0.127. The third-order valence-corrected chi connectivity index (χ3v) is 1.89. The molecule has 0 saturated heterocycles. The normalized spacial score (nSPS) is 11.9. The van der Waals surface area contributed by atoms with Crippen molar-refractivity contribution in [3.63, 3.8) is 0 Å². The molecule has 0 unspecified atom stereocenters. The second-order valence-corrected chi connectivity index (χ2v) is 2.77. The van der Waals surface area contributed by atoms with Gasteiger partial charge in [-0.05, 0) is 0 Å². The van der Waals surface area contributed by atoms with Gasteiger partial charge in [0.25, 0.3) is 0 Å². The summed E-state index contributed by atoms with van der Waals surface area (Å²) < 4.78 is 13.8. The van der Waals surface area contributed by atoms with Crippen molar-refractivity contribution < 1.29 is 23.6 Å². The highest BCUT2D eigenvalue weighted by atomic mass is 16.5. The highest BCUT2D eigenvalue weighted by Crippen LogP contribution is 2.21. The van der Waals surface area contributed by atoms with E-state index in [9.17, 15) is 9.59 Å². The first-order valence-corrected chi connectivity index (χ1v) is 4.24. The summed E-state index contributed by atoms with van der Waals surface area (Å²) >= 11 is 0. The number of aromatic nitrogens is 1. The molecule has 0 aromatic carbocycles. The highest BCUT2D eigenvalue weighted by molar-refractivity contribution is 5.83. The zero-order valence-corrected chi connectivity index (χ0v) is 8.43. The van der Waals surface area contributed by atoms with Crippen molar-refractivity contribution in [2.75, 3.05) is 14.2 Å². The highest BCUT2D eigenvalue weighted by Gasteiger charge is 2.28. The van der Waals surface area contributed by atoms with Crippen LogP contribution in [0.5, 0.6) is 0 Å². The zero-order chi connectivity index (χ0) is 11.3. The Morgan fingerprint density at radius 2 is 2.20 bits per heavy atom. The van der Waals surface area contributed by atoms with Crippen LogP contribution in [0, 0.1) is 0 Å². The van der Waals surface area contributed by atoms with Gasteiger partial charge < -0.3 is 14.0 Å². The summed E-state index contributed by atoms with van der Waals surface area (Å²) in [5, 5.41) is 3.46. The minimum Gasteiger partial charge on any atom is -0.469 e. The fourth-order valence-electron chi connectivity index (χ4n) is 1.10. The zero-order valence-electron chi connectivity index (χ0n) is 8.43. The Labute approximate surface area is 86.1 Å². The third kappa shape index (κ3) is 2.80. The number of rotatable bonds is 4. The van der Waals surface area contributed by atoms with Gasteiger partial charge >= 0.3 is 11.9 Å². The average molecular weight is 213 g/mol. The van der Waals surface area contributed by atoms with Gasteiger partial charge in [-0.2, -0.15) is 0 Å². The fraction of sp³-hybridized carbons (Fsp3) is 0.444. The summed E-state index contributed by atoms with van der Waals surface area (Å²) in [5.74, 6) is -1.59. The predicted octanol–water partition coefficient (Wildman–Crippen LogP) is 0.494. The lowest BCUT2D eigenvalue weighted by Gasteiger charge is -2.09. The molecular formula is C9H11NO5. The molecule has 1 heterocycles. The maximum atomic E-state index is 11.3. The molecule has 0 fully saturated rings. The SMILES string of the molecule is COC(=O)C[C@H](C(=O)OC)c1ccno1. The van der Waals surface area contributed by atoms with E-state index in [2.05, 4.69) is 14.6 Å². The van der Waals surface area contributed by atoms with E-state index in [1.165, 1.54) is 26.5 Å². The quantitative estimate of drug-likeness (QED) is 0.677. The van der Waals surface area contributed by atoms with Crippen LogP contribution in [0.4, 0.5) is 0 Å². The van der Waals surface area contributed by atoms with Gasteiger partial charge in [0.2, 0.25) is 0 Å². The van der Waals surface area contributed by atoms with Crippen LogP contribution in [-0.4, -0.2) is 31.3 Å². The van der Waals surface area contributed by atoms with Crippen LogP contribution in [0.3, 0.4) is 0 Å². The monoisotopic (exact) mass is 213 g/mol. The van der Waals surface area contributed by atoms with Gasteiger partial charge in [0.1, 0.15) is 5.92 Å². The Hall–Kier alpha value is -1.85. The summed E-state index contributed by atoms with van der Waals surface area (Å²) in [6.45, 7) is 0. The second-order valence-electron chi connectivity index (χ2n) is 2.77. The van der Waals surface area contributed by atoms with Gasteiger partial charge in [-0.1, -0.05) is 5.16 Å². The Kier molecular flexibility index (Phi) is 3.84. The van der Waals surface area contributed by atoms with Gasteiger partial charge in [0.05, 0.1) is 26.8 Å². The average Bonchev–Trinajstić information content (AvgIpc) is 2.77. The first-order valence-electron chi connectivity index (χ1n) is 4.24. The van der Waals surface area contributed by atoms with Crippen molar-refractivity contribution in [1.82, 2.24) is 5.16 Å². The molecule has 1 aromatic heterocycles. The molecular weight excluding hydrogens is 202 g/mol. The maximum absolute atomic E-state index is 11.3. The molecule has 0 aliphatic heterocycles. The fourth-order valence-corrected chi connectivity index (χ4v) is 1.10. The minimum atomic E-state index is -0.801. The lowest BCUT2D eigenvalue weighted by Crippen LogP contribution is -2.18. The molecule has 0 aliphatic rings. The van der Waals surface area contributed by atoms with Crippen molar-refractivity contribution in [3.8, 4) is 0 Å². The van der Waals surface area contributed by atoms with E-state index in [0.717, 1.165) is 0 Å². The van der Waals surface area contributed by atoms with E-state index in [1.54, 1.807) is 0 Å². The van der Waals surface area contributed by atoms with E-state index in [-0.39, 0.29) is 12.2 Å². The molecule has 0 saturated carbocycles. The smallest absolute Gasteiger partial charge is 0.317 e. The topological polar surface area (TPSA) is 78.6 Å². The van der Waals surface area contributed by atoms with Crippen LogP contribution in [-0.2, 0) is 19.1 Å². The number of carbonyl (C=O) groups is 2. The Bertz CT molecular complexity index is 332. The molecule has 15 heavy (non-hydrogen) atoms. The Morgan fingerprint density at radius 1 is 1.47 bits per heavy atom. The summed E-state index contributed by atoms with van der Waals surface area (Å²) in [6, 6.07) is 1.50. The van der Waals surface area contributed by atoms with E-state index in [4.69, 9.17) is 4.52 Å².